The van der Waals surface area contributed by atoms with Gasteiger partial charge in [0.2, 0.25) is 0 Å². The Bertz CT molecular complexity index is 520. The molecule has 0 saturated heterocycles. The molecule has 1 saturated carbocycles. The van der Waals surface area contributed by atoms with Crippen molar-refractivity contribution in [3.8, 4) is 11.3 Å². The minimum absolute atomic E-state index is 0.625. The minimum atomic E-state index is 0.625. The molecule has 4 nitrogen and oxygen atoms in total. The third-order valence-corrected chi connectivity index (χ3v) is 4.06. The Labute approximate surface area is 113 Å². The van der Waals surface area contributed by atoms with Crippen LogP contribution in [-0.2, 0) is 6.54 Å². The number of nitrogens with zero attached hydrogens (tertiary/aromatic N) is 2. The first kappa shape index (κ1) is 12.4. The molecule has 1 aromatic heterocycles. The molecule has 1 aromatic carbocycles. The van der Waals surface area contributed by atoms with E-state index in [9.17, 15) is 0 Å². The second-order valence-electron chi connectivity index (χ2n) is 5.38. The summed E-state index contributed by atoms with van der Waals surface area (Å²) in [5, 5.41) is 14.9. The molecule has 2 atom stereocenters. The summed E-state index contributed by atoms with van der Waals surface area (Å²) in [4.78, 5) is 0. The molecule has 2 N–H and O–H groups in total. The van der Waals surface area contributed by atoms with Gasteiger partial charge < -0.3 is 5.32 Å². The first-order valence-electron chi connectivity index (χ1n) is 7.03. The summed E-state index contributed by atoms with van der Waals surface area (Å²) in [5.41, 5.74) is 3.08. The number of aromatic amines is 1. The SMILES string of the molecule is CC1CCCC1NCc1n[nH]nc1-c1ccccc1. The summed E-state index contributed by atoms with van der Waals surface area (Å²) in [6, 6.07) is 10.8. The fourth-order valence-corrected chi connectivity index (χ4v) is 2.88. The Kier molecular flexibility index (Phi) is 3.60. The van der Waals surface area contributed by atoms with Crippen LogP contribution in [0.1, 0.15) is 31.9 Å². The van der Waals surface area contributed by atoms with E-state index in [4.69, 9.17) is 0 Å². The third kappa shape index (κ3) is 2.68. The average Bonchev–Trinajstić information content (AvgIpc) is 3.06. The van der Waals surface area contributed by atoms with Crippen molar-refractivity contribution in [1.82, 2.24) is 20.7 Å². The number of hydrogen-bond acceptors (Lipinski definition) is 3. The van der Waals surface area contributed by atoms with Crippen LogP contribution in [0.4, 0.5) is 0 Å². The number of benzene rings is 1. The van der Waals surface area contributed by atoms with Crippen LogP contribution in [0.25, 0.3) is 11.3 Å². The van der Waals surface area contributed by atoms with Gasteiger partial charge in [-0.15, -0.1) is 0 Å². The molecule has 3 rings (SSSR count). The molecule has 1 aliphatic rings. The maximum absolute atomic E-state index is 4.28. The third-order valence-electron chi connectivity index (χ3n) is 4.06. The van der Waals surface area contributed by atoms with E-state index < -0.39 is 0 Å². The van der Waals surface area contributed by atoms with Crippen LogP contribution in [0.2, 0.25) is 0 Å². The lowest BCUT2D eigenvalue weighted by Crippen LogP contribution is -2.30. The molecule has 0 spiro atoms. The van der Waals surface area contributed by atoms with Gasteiger partial charge in [0.15, 0.2) is 0 Å². The largest absolute Gasteiger partial charge is 0.308 e. The van der Waals surface area contributed by atoms with E-state index >= 15 is 0 Å². The maximum atomic E-state index is 4.28. The zero-order valence-corrected chi connectivity index (χ0v) is 11.3. The van der Waals surface area contributed by atoms with Crippen molar-refractivity contribution in [2.24, 2.45) is 5.92 Å². The van der Waals surface area contributed by atoms with Crippen molar-refractivity contribution in [3.05, 3.63) is 36.0 Å². The van der Waals surface area contributed by atoms with Crippen molar-refractivity contribution in [1.29, 1.82) is 0 Å². The van der Waals surface area contributed by atoms with Gasteiger partial charge in [-0.1, -0.05) is 43.7 Å². The zero-order valence-electron chi connectivity index (χ0n) is 11.3. The Morgan fingerprint density at radius 3 is 2.79 bits per heavy atom. The molecular formula is C15H20N4. The van der Waals surface area contributed by atoms with E-state index in [1.54, 1.807) is 0 Å². The highest BCUT2D eigenvalue weighted by atomic mass is 15.3. The molecular weight excluding hydrogens is 236 g/mol. The molecule has 0 radical (unpaired) electrons. The Morgan fingerprint density at radius 1 is 1.21 bits per heavy atom. The van der Waals surface area contributed by atoms with Gasteiger partial charge >= 0.3 is 0 Å². The van der Waals surface area contributed by atoms with Crippen molar-refractivity contribution < 1.29 is 0 Å². The van der Waals surface area contributed by atoms with Crippen molar-refractivity contribution in [2.45, 2.75) is 38.8 Å². The zero-order chi connectivity index (χ0) is 13.1. The normalized spacial score (nSPS) is 22.8. The average molecular weight is 256 g/mol. The van der Waals surface area contributed by atoms with Crippen LogP contribution in [-0.4, -0.2) is 21.5 Å². The Morgan fingerprint density at radius 2 is 2.05 bits per heavy atom. The summed E-state index contributed by atoms with van der Waals surface area (Å²) >= 11 is 0. The van der Waals surface area contributed by atoms with Crippen LogP contribution < -0.4 is 5.32 Å². The van der Waals surface area contributed by atoms with Gasteiger partial charge in [0.05, 0.1) is 0 Å². The van der Waals surface area contributed by atoms with Crippen LogP contribution in [0.5, 0.6) is 0 Å². The molecule has 0 bridgehead atoms. The molecule has 2 unspecified atom stereocenters. The second-order valence-corrected chi connectivity index (χ2v) is 5.38. The number of aromatic nitrogens is 3. The smallest absolute Gasteiger partial charge is 0.117 e. The quantitative estimate of drug-likeness (QED) is 0.884. The van der Waals surface area contributed by atoms with E-state index in [0.29, 0.717) is 6.04 Å². The van der Waals surface area contributed by atoms with Gasteiger partial charge in [-0.3, -0.25) is 0 Å². The first-order valence-corrected chi connectivity index (χ1v) is 7.03. The highest BCUT2D eigenvalue weighted by Crippen LogP contribution is 2.25. The predicted molar refractivity (Wildman–Crippen MR) is 75.5 cm³/mol. The highest BCUT2D eigenvalue weighted by molar-refractivity contribution is 5.60. The lowest BCUT2D eigenvalue weighted by Gasteiger charge is -2.16. The number of nitrogens with one attached hydrogen (secondary N) is 2. The lowest BCUT2D eigenvalue weighted by molar-refractivity contribution is 0.424. The van der Waals surface area contributed by atoms with Crippen LogP contribution in [0.3, 0.4) is 0 Å². The summed E-state index contributed by atoms with van der Waals surface area (Å²) in [7, 11) is 0. The van der Waals surface area contributed by atoms with Crippen molar-refractivity contribution >= 4 is 0 Å². The van der Waals surface area contributed by atoms with Crippen LogP contribution in [0.15, 0.2) is 30.3 Å². The monoisotopic (exact) mass is 256 g/mol. The topological polar surface area (TPSA) is 53.6 Å². The molecule has 19 heavy (non-hydrogen) atoms. The first-order chi connectivity index (χ1) is 9.34. The highest BCUT2D eigenvalue weighted by Gasteiger charge is 2.23. The summed E-state index contributed by atoms with van der Waals surface area (Å²) < 4.78 is 0. The van der Waals surface area contributed by atoms with Gasteiger partial charge in [-0.05, 0) is 18.8 Å². The van der Waals surface area contributed by atoms with Gasteiger partial charge in [0.25, 0.3) is 0 Å². The van der Waals surface area contributed by atoms with Gasteiger partial charge in [0, 0.05) is 18.2 Å². The molecule has 0 aliphatic heterocycles. The molecule has 1 fully saturated rings. The van der Waals surface area contributed by atoms with E-state index in [0.717, 1.165) is 29.4 Å². The van der Waals surface area contributed by atoms with E-state index in [2.05, 4.69) is 39.8 Å². The van der Waals surface area contributed by atoms with Gasteiger partial charge in [-0.2, -0.15) is 15.4 Å². The molecule has 4 heteroatoms. The molecule has 1 heterocycles. The molecule has 1 aliphatic carbocycles. The number of rotatable bonds is 4. The summed E-state index contributed by atoms with van der Waals surface area (Å²) in [5.74, 6) is 0.770. The molecule has 2 aromatic rings. The second kappa shape index (κ2) is 5.53. The molecule has 0 amide bonds. The lowest BCUT2D eigenvalue weighted by atomic mass is 10.1. The standard InChI is InChI=1S/C15H20N4/c1-11-6-5-9-13(11)16-10-14-15(18-19-17-14)12-7-3-2-4-8-12/h2-4,7-8,11,13,16H,5-6,9-10H2,1H3,(H,17,18,19). The van der Waals surface area contributed by atoms with Gasteiger partial charge in [0.1, 0.15) is 11.4 Å². The fourth-order valence-electron chi connectivity index (χ4n) is 2.88. The Balaban J connectivity index is 1.71. The minimum Gasteiger partial charge on any atom is -0.308 e. The fraction of sp³-hybridized carbons (Fsp3) is 0.467. The van der Waals surface area contributed by atoms with E-state index in [-0.39, 0.29) is 0 Å². The van der Waals surface area contributed by atoms with E-state index in [1.807, 2.05) is 18.2 Å². The predicted octanol–water partition coefficient (Wildman–Crippen LogP) is 2.75. The maximum Gasteiger partial charge on any atom is 0.117 e. The number of H-pyrrole nitrogens is 1. The van der Waals surface area contributed by atoms with Crippen LogP contribution >= 0.6 is 0 Å². The summed E-state index contributed by atoms with van der Waals surface area (Å²) in [6.45, 7) is 3.11. The van der Waals surface area contributed by atoms with Gasteiger partial charge in [-0.25, -0.2) is 0 Å². The van der Waals surface area contributed by atoms with E-state index in [1.165, 1.54) is 19.3 Å². The number of hydrogen-bond donors (Lipinski definition) is 2. The summed E-state index contributed by atoms with van der Waals surface area (Å²) in [6.07, 6.45) is 3.95. The Hall–Kier alpha value is -1.68. The molecule has 100 valence electrons. The van der Waals surface area contributed by atoms with Crippen molar-refractivity contribution in [3.63, 3.8) is 0 Å². The van der Waals surface area contributed by atoms with Crippen molar-refractivity contribution in [2.75, 3.05) is 0 Å². The van der Waals surface area contributed by atoms with Crippen LogP contribution in [0, 0.1) is 5.92 Å².